The number of carboxylic acids is 1. The Morgan fingerprint density at radius 2 is 1.85 bits per heavy atom. The van der Waals surface area contributed by atoms with Gasteiger partial charge < -0.3 is 15.7 Å². The standard InChI is InChI=1S/C15H18N2O3/c18-13(19)15(7-8-15)11-3-5-12(6-4-11)17-14(20)16-9-10-1-2-10/h3-6,10H,1-2,7-9H2,(H,18,19)(H2,16,17,20). The minimum atomic E-state index is -0.764. The molecule has 0 spiro atoms. The number of urea groups is 1. The van der Waals surface area contributed by atoms with Crippen LogP contribution < -0.4 is 10.6 Å². The van der Waals surface area contributed by atoms with Crippen molar-refractivity contribution >= 4 is 17.7 Å². The van der Waals surface area contributed by atoms with E-state index in [2.05, 4.69) is 10.6 Å². The summed E-state index contributed by atoms with van der Waals surface area (Å²) in [7, 11) is 0. The number of carbonyl (C=O) groups excluding carboxylic acids is 1. The molecule has 0 radical (unpaired) electrons. The lowest BCUT2D eigenvalue weighted by molar-refractivity contribution is -0.140. The van der Waals surface area contributed by atoms with E-state index < -0.39 is 11.4 Å². The van der Waals surface area contributed by atoms with Crippen LogP contribution in [0.1, 0.15) is 31.2 Å². The van der Waals surface area contributed by atoms with Gasteiger partial charge in [-0.25, -0.2) is 4.79 Å². The van der Waals surface area contributed by atoms with Crippen LogP contribution in [0, 0.1) is 5.92 Å². The highest BCUT2D eigenvalue weighted by atomic mass is 16.4. The van der Waals surface area contributed by atoms with Crippen molar-refractivity contribution in [3.05, 3.63) is 29.8 Å². The summed E-state index contributed by atoms with van der Waals surface area (Å²) in [6.45, 7) is 0.728. The summed E-state index contributed by atoms with van der Waals surface area (Å²) in [6.07, 6.45) is 3.78. The van der Waals surface area contributed by atoms with E-state index in [1.54, 1.807) is 24.3 Å². The molecule has 106 valence electrons. The molecule has 2 fully saturated rings. The SMILES string of the molecule is O=C(NCC1CC1)Nc1ccc(C2(C(=O)O)CC2)cc1. The molecule has 0 unspecified atom stereocenters. The van der Waals surface area contributed by atoms with Crippen LogP contribution >= 0.6 is 0 Å². The third-order valence-electron chi connectivity index (χ3n) is 4.10. The first-order chi connectivity index (χ1) is 9.60. The zero-order valence-electron chi connectivity index (χ0n) is 11.2. The van der Waals surface area contributed by atoms with Crippen molar-refractivity contribution in [1.29, 1.82) is 0 Å². The van der Waals surface area contributed by atoms with Crippen LogP contribution in [0.25, 0.3) is 0 Å². The van der Waals surface area contributed by atoms with Gasteiger partial charge in [0.15, 0.2) is 0 Å². The Bertz CT molecular complexity index is 531. The second-order valence-electron chi connectivity index (χ2n) is 5.74. The molecular formula is C15H18N2O3. The average Bonchev–Trinajstić information content (AvgIpc) is 3.30. The predicted octanol–water partition coefficient (Wildman–Crippen LogP) is 2.33. The molecule has 1 aromatic rings. The number of hydrogen-bond donors (Lipinski definition) is 3. The summed E-state index contributed by atoms with van der Waals surface area (Å²) >= 11 is 0. The molecule has 0 heterocycles. The van der Waals surface area contributed by atoms with Crippen molar-refractivity contribution in [3.8, 4) is 0 Å². The molecule has 0 aliphatic heterocycles. The highest BCUT2D eigenvalue weighted by molar-refractivity contribution is 5.89. The van der Waals surface area contributed by atoms with E-state index in [1.807, 2.05) is 0 Å². The quantitative estimate of drug-likeness (QED) is 0.771. The predicted molar refractivity (Wildman–Crippen MR) is 74.7 cm³/mol. The lowest BCUT2D eigenvalue weighted by Crippen LogP contribution is -2.30. The molecule has 3 rings (SSSR count). The van der Waals surface area contributed by atoms with Gasteiger partial charge in [-0.1, -0.05) is 12.1 Å². The Morgan fingerprint density at radius 1 is 1.20 bits per heavy atom. The first-order valence-electron chi connectivity index (χ1n) is 6.99. The number of carboxylic acid groups (broad SMARTS) is 1. The molecule has 2 amide bonds. The fourth-order valence-corrected chi connectivity index (χ4v) is 2.36. The molecule has 0 saturated heterocycles. The Morgan fingerprint density at radius 3 is 2.35 bits per heavy atom. The maximum Gasteiger partial charge on any atom is 0.319 e. The second-order valence-corrected chi connectivity index (χ2v) is 5.74. The van der Waals surface area contributed by atoms with Crippen molar-refractivity contribution in [3.63, 3.8) is 0 Å². The Balaban J connectivity index is 1.58. The maximum atomic E-state index is 11.6. The van der Waals surface area contributed by atoms with E-state index in [1.165, 1.54) is 12.8 Å². The van der Waals surface area contributed by atoms with E-state index in [4.69, 9.17) is 0 Å². The van der Waals surface area contributed by atoms with Gasteiger partial charge in [0.05, 0.1) is 5.41 Å². The summed E-state index contributed by atoms with van der Waals surface area (Å²) in [5.41, 5.74) is 0.810. The van der Waals surface area contributed by atoms with Gasteiger partial charge in [-0.15, -0.1) is 0 Å². The molecule has 20 heavy (non-hydrogen) atoms. The van der Waals surface area contributed by atoms with E-state index in [9.17, 15) is 14.7 Å². The van der Waals surface area contributed by atoms with Crippen LogP contribution in [0.2, 0.25) is 0 Å². The van der Waals surface area contributed by atoms with Gasteiger partial charge in [-0.3, -0.25) is 4.79 Å². The number of aliphatic carboxylic acids is 1. The molecule has 2 aliphatic carbocycles. The largest absolute Gasteiger partial charge is 0.481 e. The van der Waals surface area contributed by atoms with Crippen LogP contribution in [0.4, 0.5) is 10.5 Å². The topological polar surface area (TPSA) is 78.4 Å². The Kier molecular flexibility index (Phi) is 3.12. The Labute approximate surface area is 117 Å². The van der Waals surface area contributed by atoms with Crippen molar-refractivity contribution in [1.82, 2.24) is 5.32 Å². The monoisotopic (exact) mass is 274 g/mol. The first-order valence-corrected chi connectivity index (χ1v) is 6.99. The number of carbonyl (C=O) groups is 2. The average molecular weight is 274 g/mol. The molecule has 2 saturated carbocycles. The van der Waals surface area contributed by atoms with Gasteiger partial charge in [0.2, 0.25) is 0 Å². The summed E-state index contributed by atoms with van der Waals surface area (Å²) in [5.74, 6) is -0.117. The van der Waals surface area contributed by atoms with Gasteiger partial charge in [0.1, 0.15) is 0 Å². The van der Waals surface area contributed by atoms with Gasteiger partial charge >= 0.3 is 12.0 Å². The number of anilines is 1. The molecule has 1 aromatic carbocycles. The van der Waals surface area contributed by atoms with E-state index in [0.717, 1.165) is 12.1 Å². The molecule has 0 aromatic heterocycles. The van der Waals surface area contributed by atoms with E-state index >= 15 is 0 Å². The van der Waals surface area contributed by atoms with Crippen molar-refractivity contribution in [2.75, 3.05) is 11.9 Å². The Hall–Kier alpha value is -2.04. The van der Waals surface area contributed by atoms with Gasteiger partial charge in [0.25, 0.3) is 0 Å². The molecule has 2 aliphatic rings. The maximum absolute atomic E-state index is 11.6. The number of amides is 2. The van der Waals surface area contributed by atoms with Crippen LogP contribution in [-0.4, -0.2) is 23.7 Å². The van der Waals surface area contributed by atoms with Crippen LogP contribution in [0.5, 0.6) is 0 Å². The molecule has 3 N–H and O–H groups in total. The zero-order chi connectivity index (χ0) is 14.2. The van der Waals surface area contributed by atoms with Crippen LogP contribution in [0.15, 0.2) is 24.3 Å². The highest BCUT2D eigenvalue weighted by Gasteiger charge is 2.51. The summed E-state index contributed by atoms with van der Waals surface area (Å²) in [4.78, 5) is 22.9. The fourth-order valence-electron chi connectivity index (χ4n) is 2.36. The minimum absolute atomic E-state index is 0.205. The summed E-state index contributed by atoms with van der Waals surface area (Å²) in [5, 5.41) is 14.8. The number of nitrogens with one attached hydrogen (secondary N) is 2. The lowest BCUT2D eigenvalue weighted by atomic mass is 9.96. The highest BCUT2D eigenvalue weighted by Crippen LogP contribution is 2.48. The second kappa shape index (κ2) is 4.81. The van der Waals surface area contributed by atoms with E-state index in [-0.39, 0.29) is 6.03 Å². The minimum Gasteiger partial charge on any atom is -0.481 e. The van der Waals surface area contributed by atoms with Crippen molar-refractivity contribution < 1.29 is 14.7 Å². The third kappa shape index (κ3) is 2.61. The van der Waals surface area contributed by atoms with Gasteiger partial charge in [-0.2, -0.15) is 0 Å². The van der Waals surface area contributed by atoms with E-state index in [0.29, 0.717) is 24.4 Å². The first kappa shape index (κ1) is 13.0. The number of rotatable bonds is 5. The lowest BCUT2D eigenvalue weighted by Gasteiger charge is -2.11. The molecule has 0 atom stereocenters. The number of hydrogen-bond acceptors (Lipinski definition) is 2. The van der Waals surface area contributed by atoms with Crippen LogP contribution in [-0.2, 0) is 10.2 Å². The molecule has 5 nitrogen and oxygen atoms in total. The smallest absolute Gasteiger partial charge is 0.319 e. The summed E-state index contributed by atoms with van der Waals surface area (Å²) in [6, 6.07) is 6.89. The third-order valence-corrected chi connectivity index (χ3v) is 4.10. The molecule has 5 heteroatoms. The van der Waals surface area contributed by atoms with Crippen molar-refractivity contribution in [2.45, 2.75) is 31.1 Å². The zero-order valence-corrected chi connectivity index (χ0v) is 11.2. The summed E-state index contributed by atoms with van der Waals surface area (Å²) < 4.78 is 0. The number of benzene rings is 1. The fraction of sp³-hybridized carbons (Fsp3) is 0.467. The molecular weight excluding hydrogens is 256 g/mol. The van der Waals surface area contributed by atoms with Crippen molar-refractivity contribution in [2.24, 2.45) is 5.92 Å². The van der Waals surface area contributed by atoms with Gasteiger partial charge in [-0.05, 0) is 49.3 Å². The van der Waals surface area contributed by atoms with Gasteiger partial charge in [0, 0.05) is 12.2 Å². The molecule has 0 bridgehead atoms. The van der Waals surface area contributed by atoms with Crippen LogP contribution in [0.3, 0.4) is 0 Å². The normalized spacial score (nSPS) is 19.2.